The van der Waals surface area contributed by atoms with Crippen LogP contribution in [0.4, 0.5) is 0 Å². The number of aliphatic hydroxyl groups is 1. The Morgan fingerprint density at radius 3 is 2.48 bits per heavy atom. The molecule has 0 fully saturated rings. The number of hydrogen-bond acceptors (Lipinski definition) is 2. The van der Waals surface area contributed by atoms with Gasteiger partial charge >= 0.3 is 0 Å². The minimum absolute atomic E-state index is 0. The fraction of sp³-hybridized carbons (Fsp3) is 0.222. The Hall–Kier alpha value is -1.61. The van der Waals surface area contributed by atoms with E-state index in [4.69, 9.17) is 5.73 Å². The van der Waals surface area contributed by atoms with Crippen LogP contribution in [0.1, 0.15) is 34.8 Å². The number of nitrogens with two attached hydrogens (primary N) is 1. The van der Waals surface area contributed by atoms with Crippen molar-refractivity contribution in [3.05, 3.63) is 76.9 Å². The summed E-state index contributed by atoms with van der Waals surface area (Å²) in [5.74, 6) is 0. The molecule has 0 aromatic heterocycles. The zero-order chi connectivity index (χ0) is 13.9. The van der Waals surface area contributed by atoms with Gasteiger partial charge in [0, 0.05) is 6.42 Å². The van der Waals surface area contributed by atoms with Gasteiger partial charge in [-0.1, -0.05) is 54.6 Å². The van der Waals surface area contributed by atoms with Crippen LogP contribution >= 0.6 is 12.4 Å². The van der Waals surface area contributed by atoms with Crippen LogP contribution < -0.4 is 5.73 Å². The standard InChI is InChI=1S/C18H19NO.ClH/c19-11-5-10-15-14-7-2-1-6-13(14)12-18(20)17-9-4-3-8-16(15)17;/h1-4,6-10,18,20H,5,11-12,19H2;1H. The molecule has 2 nitrogen and oxygen atoms in total. The molecule has 2 aromatic rings. The molecule has 0 radical (unpaired) electrons. The molecule has 1 atom stereocenters. The van der Waals surface area contributed by atoms with Crippen LogP contribution in [0.25, 0.3) is 5.57 Å². The van der Waals surface area contributed by atoms with Crippen LogP contribution in [-0.4, -0.2) is 11.7 Å². The van der Waals surface area contributed by atoms with E-state index in [9.17, 15) is 5.11 Å². The highest BCUT2D eigenvalue weighted by atomic mass is 35.5. The first-order valence-corrected chi connectivity index (χ1v) is 7.07. The maximum atomic E-state index is 10.5. The number of benzene rings is 2. The average Bonchev–Trinajstić information content (AvgIpc) is 2.60. The monoisotopic (exact) mass is 301 g/mol. The van der Waals surface area contributed by atoms with Gasteiger partial charge in [-0.25, -0.2) is 0 Å². The SMILES string of the molecule is Cl.NCCC=C1c2ccccc2CC(O)c2ccccc21. The van der Waals surface area contributed by atoms with Gasteiger partial charge in [-0.3, -0.25) is 0 Å². The lowest BCUT2D eigenvalue weighted by atomic mass is 9.93. The van der Waals surface area contributed by atoms with E-state index in [1.54, 1.807) is 0 Å². The quantitative estimate of drug-likeness (QED) is 0.892. The predicted octanol–water partition coefficient (Wildman–Crippen LogP) is 3.48. The highest BCUT2D eigenvalue weighted by molar-refractivity contribution is 5.85. The third-order valence-corrected chi connectivity index (χ3v) is 3.85. The summed E-state index contributed by atoms with van der Waals surface area (Å²) in [5.41, 5.74) is 11.4. The summed E-state index contributed by atoms with van der Waals surface area (Å²) >= 11 is 0. The van der Waals surface area contributed by atoms with Crippen LogP contribution in [0, 0.1) is 0 Å². The fourth-order valence-electron chi connectivity index (χ4n) is 2.90. The van der Waals surface area contributed by atoms with E-state index >= 15 is 0 Å². The summed E-state index contributed by atoms with van der Waals surface area (Å²) in [7, 11) is 0. The Kier molecular flexibility index (Phi) is 5.18. The third-order valence-electron chi connectivity index (χ3n) is 3.85. The molecular weight excluding hydrogens is 282 g/mol. The molecule has 0 amide bonds. The first kappa shape index (κ1) is 15.8. The van der Waals surface area contributed by atoms with E-state index in [2.05, 4.69) is 30.3 Å². The molecular formula is C18H20ClNO. The Bertz CT molecular complexity index is 651. The number of hydrogen-bond donors (Lipinski definition) is 2. The Balaban J connectivity index is 0.00000161. The summed E-state index contributed by atoms with van der Waals surface area (Å²) in [6, 6.07) is 16.4. The summed E-state index contributed by atoms with van der Waals surface area (Å²) in [6.07, 6.45) is 3.24. The highest BCUT2D eigenvalue weighted by Gasteiger charge is 2.22. The van der Waals surface area contributed by atoms with Crippen LogP contribution in [0.2, 0.25) is 0 Å². The Morgan fingerprint density at radius 1 is 1.05 bits per heavy atom. The van der Waals surface area contributed by atoms with Gasteiger partial charge in [0.2, 0.25) is 0 Å². The van der Waals surface area contributed by atoms with Gasteiger partial charge in [0.25, 0.3) is 0 Å². The molecule has 0 aliphatic heterocycles. The first-order valence-electron chi connectivity index (χ1n) is 7.07. The highest BCUT2D eigenvalue weighted by Crippen LogP contribution is 2.37. The van der Waals surface area contributed by atoms with E-state index in [0.29, 0.717) is 13.0 Å². The first-order chi connectivity index (χ1) is 9.81. The summed E-state index contributed by atoms with van der Waals surface area (Å²) in [5, 5.41) is 10.5. The minimum Gasteiger partial charge on any atom is -0.388 e. The number of halogens is 1. The molecule has 3 rings (SSSR count). The summed E-state index contributed by atoms with van der Waals surface area (Å²) in [4.78, 5) is 0. The summed E-state index contributed by atoms with van der Waals surface area (Å²) in [6.45, 7) is 0.635. The van der Waals surface area contributed by atoms with Gasteiger partial charge in [0.15, 0.2) is 0 Å². The molecule has 0 spiro atoms. The molecule has 0 saturated heterocycles. The lowest BCUT2D eigenvalue weighted by Crippen LogP contribution is -2.01. The molecule has 3 heteroatoms. The van der Waals surface area contributed by atoms with Gasteiger partial charge in [-0.15, -0.1) is 12.4 Å². The Labute approximate surface area is 131 Å². The molecule has 1 unspecified atom stereocenters. The minimum atomic E-state index is -0.448. The second-order valence-corrected chi connectivity index (χ2v) is 5.16. The third kappa shape index (κ3) is 3.03. The van der Waals surface area contributed by atoms with E-state index in [0.717, 1.165) is 17.5 Å². The van der Waals surface area contributed by atoms with Crippen molar-refractivity contribution in [1.29, 1.82) is 0 Å². The second-order valence-electron chi connectivity index (χ2n) is 5.16. The average molecular weight is 302 g/mol. The molecule has 1 aliphatic carbocycles. The van der Waals surface area contributed by atoms with Crippen LogP contribution in [0.5, 0.6) is 0 Å². The Morgan fingerprint density at radius 2 is 1.71 bits per heavy atom. The van der Waals surface area contributed by atoms with Crippen molar-refractivity contribution in [3.63, 3.8) is 0 Å². The molecule has 0 bridgehead atoms. The van der Waals surface area contributed by atoms with Gasteiger partial charge in [-0.2, -0.15) is 0 Å². The molecule has 1 aliphatic rings. The summed E-state index contributed by atoms with van der Waals surface area (Å²) < 4.78 is 0. The van der Waals surface area contributed by atoms with Crippen molar-refractivity contribution in [1.82, 2.24) is 0 Å². The number of rotatable bonds is 2. The van der Waals surface area contributed by atoms with Gasteiger partial charge < -0.3 is 10.8 Å². The zero-order valence-electron chi connectivity index (χ0n) is 11.8. The molecule has 0 heterocycles. The topological polar surface area (TPSA) is 46.2 Å². The molecule has 110 valence electrons. The van der Waals surface area contributed by atoms with Crippen molar-refractivity contribution in [2.75, 3.05) is 6.54 Å². The van der Waals surface area contributed by atoms with E-state index in [1.165, 1.54) is 16.7 Å². The van der Waals surface area contributed by atoms with Crippen LogP contribution in [-0.2, 0) is 6.42 Å². The zero-order valence-corrected chi connectivity index (χ0v) is 12.6. The maximum absolute atomic E-state index is 10.5. The smallest absolute Gasteiger partial charge is 0.0836 e. The fourth-order valence-corrected chi connectivity index (χ4v) is 2.90. The van der Waals surface area contributed by atoms with Crippen LogP contribution in [0.3, 0.4) is 0 Å². The molecule has 3 N–H and O–H groups in total. The number of fused-ring (bicyclic) bond motifs is 2. The molecule has 0 saturated carbocycles. The number of aliphatic hydroxyl groups excluding tert-OH is 1. The normalized spacial score (nSPS) is 18.4. The van der Waals surface area contributed by atoms with Gasteiger partial charge in [-0.05, 0) is 40.8 Å². The van der Waals surface area contributed by atoms with E-state index in [-0.39, 0.29) is 12.4 Å². The lowest BCUT2D eigenvalue weighted by Gasteiger charge is -2.12. The van der Waals surface area contributed by atoms with E-state index < -0.39 is 6.10 Å². The lowest BCUT2D eigenvalue weighted by molar-refractivity contribution is 0.179. The second kappa shape index (κ2) is 6.90. The molecule has 2 aromatic carbocycles. The van der Waals surface area contributed by atoms with Crippen molar-refractivity contribution < 1.29 is 5.11 Å². The van der Waals surface area contributed by atoms with Gasteiger partial charge in [0.05, 0.1) is 6.10 Å². The van der Waals surface area contributed by atoms with Gasteiger partial charge in [0.1, 0.15) is 0 Å². The largest absolute Gasteiger partial charge is 0.388 e. The van der Waals surface area contributed by atoms with Crippen molar-refractivity contribution >= 4 is 18.0 Å². The van der Waals surface area contributed by atoms with Crippen LogP contribution in [0.15, 0.2) is 54.6 Å². The van der Waals surface area contributed by atoms with E-state index in [1.807, 2.05) is 24.3 Å². The van der Waals surface area contributed by atoms with Crippen molar-refractivity contribution in [2.24, 2.45) is 5.73 Å². The van der Waals surface area contributed by atoms with Crippen molar-refractivity contribution in [2.45, 2.75) is 18.9 Å². The van der Waals surface area contributed by atoms with Crippen molar-refractivity contribution in [3.8, 4) is 0 Å². The maximum Gasteiger partial charge on any atom is 0.0836 e. The predicted molar refractivity (Wildman–Crippen MR) is 89.5 cm³/mol. The molecule has 21 heavy (non-hydrogen) atoms.